The van der Waals surface area contributed by atoms with Gasteiger partial charge in [0.2, 0.25) is 0 Å². The van der Waals surface area contributed by atoms with Gasteiger partial charge in [0.25, 0.3) is 0 Å². The lowest BCUT2D eigenvalue weighted by atomic mass is 13.7. The second-order valence-corrected chi connectivity index (χ2v) is 28.0. The van der Waals surface area contributed by atoms with Gasteiger partial charge in [-0.15, -0.1) is 0 Å². The van der Waals surface area contributed by atoms with Crippen LogP contribution >= 0.6 is 0 Å². The molecule has 0 spiro atoms. The van der Waals surface area contributed by atoms with Crippen LogP contribution in [0.15, 0.2) is 0 Å². The molecule has 0 aliphatic heterocycles. The third-order valence-electron chi connectivity index (χ3n) is 1.05. The van der Waals surface area contributed by atoms with E-state index in [9.17, 15) is 0 Å². The minimum atomic E-state index is 0.144. The van der Waals surface area contributed by atoms with Crippen LogP contribution in [0.2, 0.25) is 0 Å². The zero-order valence-corrected chi connectivity index (χ0v) is 20.6. The SMILES string of the molecule is [SiH3]N([SiH3])[SiH2]N([SiH3])[SiH2]N([SiH3])[SiH3]. The Morgan fingerprint density at radius 2 is 1.00 bits per heavy atom. The molecular weight excluding hydrogens is 239 g/mol. The number of rotatable bonds is 4. The second kappa shape index (κ2) is 5.97. The standard InChI is InChI=1S/H19N3Si7/c4-1(5)9-3(8)10-2(6)7/h9-10H2,4-8H3. The zero-order valence-electron chi connectivity index (χ0n) is 7.76. The summed E-state index contributed by atoms with van der Waals surface area (Å²) < 4.78 is 8.15. The highest BCUT2D eigenvalue weighted by Gasteiger charge is 1.99. The van der Waals surface area contributed by atoms with Crippen LogP contribution < -0.4 is 0 Å². The van der Waals surface area contributed by atoms with Gasteiger partial charge in [0.1, 0.15) is 19.7 Å². The molecule has 10 heavy (non-hydrogen) atoms. The topological polar surface area (TPSA) is 9.72 Å². The van der Waals surface area contributed by atoms with E-state index in [0.29, 0.717) is 0 Å². The number of hydrogen-bond donors (Lipinski definition) is 0. The lowest BCUT2D eigenvalue weighted by Crippen LogP contribution is -2.45. The lowest BCUT2D eigenvalue weighted by molar-refractivity contribution is 0.926. The number of nitrogens with zero attached hydrogens (tertiary/aromatic N) is 3. The van der Waals surface area contributed by atoms with Crippen molar-refractivity contribution in [1.29, 1.82) is 0 Å². The molecule has 0 aromatic rings. The summed E-state index contributed by atoms with van der Waals surface area (Å²) in [5.74, 6) is 0. The molecule has 0 rings (SSSR count). The van der Waals surface area contributed by atoms with Crippen molar-refractivity contribution < 1.29 is 0 Å². The van der Waals surface area contributed by atoms with Crippen molar-refractivity contribution in [3.63, 3.8) is 0 Å². The molecule has 0 atom stereocenters. The van der Waals surface area contributed by atoms with Gasteiger partial charge in [0, 0.05) is 0 Å². The molecule has 0 aromatic heterocycles. The maximum absolute atomic E-state index is 2.81. The number of hydrogen-bond acceptors (Lipinski definition) is 3. The normalized spacial score (nSPS) is 15.9. The van der Waals surface area contributed by atoms with Crippen molar-refractivity contribution in [3.8, 4) is 0 Å². The summed E-state index contributed by atoms with van der Waals surface area (Å²) in [6, 6.07) is 0. The van der Waals surface area contributed by atoms with E-state index < -0.39 is 0 Å². The Morgan fingerprint density at radius 3 is 1.20 bits per heavy atom. The molecule has 0 saturated heterocycles. The van der Waals surface area contributed by atoms with Crippen molar-refractivity contribution in [2.45, 2.75) is 0 Å². The highest BCUT2D eigenvalue weighted by molar-refractivity contribution is 6.67. The molecule has 0 heterocycles. The average Bonchev–Trinajstić information content (AvgIpc) is 1.58. The first-order valence-corrected chi connectivity index (χ1v) is 10.5. The fourth-order valence-electron chi connectivity index (χ4n) is 1.01. The molecule has 10 heteroatoms. The fourth-order valence-corrected chi connectivity index (χ4v) is 26.5. The molecule has 0 fully saturated rings. The molecule has 0 N–H and O–H groups in total. The van der Waals surface area contributed by atoms with Crippen molar-refractivity contribution in [2.75, 3.05) is 0 Å². The Kier molecular flexibility index (Phi) is 6.81. The highest BCUT2D eigenvalue weighted by atomic mass is 28.4. The highest BCUT2D eigenvalue weighted by Crippen LogP contribution is 1.76. The molecule has 62 valence electrons. The predicted octanol–water partition coefficient (Wildman–Crippen LogP) is -8.71. The first-order valence-electron chi connectivity index (χ1n) is 3.50. The zero-order chi connectivity index (χ0) is 8.15. The first-order chi connectivity index (χ1) is 4.52. The Bertz CT molecular complexity index is 70.9. The molecular formula is H19N3Si7. The third-order valence-corrected chi connectivity index (χ3v) is 9.44. The van der Waals surface area contributed by atoms with E-state index in [2.05, 4.69) is 11.7 Å². The summed E-state index contributed by atoms with van der Waals surface area (Å²) >= 11 is 0. The molecule has 0 radical (unpaired) electrons. The predicted molar refractivity (Wildman–Crippen MR) is 72.3 cm³/mol. The Labute approximate surface area is 83.4 Å². The maximum atomic E-state index is 2.81. The minimum Gasteiger partial charge on any atom is -0.377 e. The van der Waals surface area contributed by atoms with E-state index in [1.54, 1.807) is 0 Å². The summed E-state index contributed by atoms with van der Waals surface area (Å²) in [4.78, 5) is 0. The molecule has 0 aliphatic carbocycles. The van der Waals surface area contributed by atoms with E-state index in [-0.39, 0.29) is 19.7 Å². The minimum absolute atomic E-state index is 0.144. The van der Waals surface area contributed by atoms with Crippen LogP contribution in [0.4, 0.5) is 0 Å². The van der Waals surface area contributed by atoms with Gasteiger partial charge in [0.15, 0.2) is 0 Å². The van der Waals surface area contributed by atoms with Crippen LogP contribution in [0.3, 0.4) is 0 Å². The van der Waals surface area contributed by atoms with E-state index in [1.165, 1.54) is 52.0 Å². The molecule has 0 unspecified atom stereocenters. The van der Waals surface area contributed by atoms with Gasteiger partial charge in [-0.05, 0) is 0 Å². The summed E-state index contributed by atoms with van der Waals surface area (Å²) in [6.07, 6.45) is 0. The van der Waals surface area contributed by atoms with Crippen LogP contribution in [0, 0.1) is 0 Å². The molecule has 3 nitrogen and oxygen atoms in total. The Balaban J connectivity index is 3.34. The van der Waals surface area contributed by atoms with Gasteiger partial charge in [-0.3, -0.25) is 0 Å². The van der Waals surface area contributed by atoms with Crippen molar-refractivity contribution in [1.82, 2.24) is 11.7 Å². The maximum Gasteiger partial charge on any atom is 0.145 e. The van der Waals surface area contributed by atoms with Gasteiger partial charge in [0.05, 0.1) is 52.0 Å². The van der Waals surface area contributed by atoms with Gasteiger partial charge in [-0.2, -0.15) is 0 Å². The van der Waals surface area contributed by atoms with Crippen molar-refractivity contribution in [3.05, 3.63) is 0 Å². The summed E-state index contributed by atoms with van der Waals surface area (Å²) in [7, 11) is 6.96. The molecule has 0 bridgehead atoms. The van der Waals surface area contributed by atoms with Gasteiger partial charge < -0.3 is 11.7 Å². The largest absolute Gasteiger partial charge is 0.377 e. The van der Waals surface area contributed by atoms with Crippen molar-refractivity contribution in [2.24, 2.45) is 0 Å². The quantitative estimate of drug-likeness (QED) is 0.464. The van der Waals surface area contributed by atoms with E-state index in [4.69, 9.17) is 0 Å². The molecule has 0 saturated carbocycles. The van der Waals surface area contributed by atoms with Crippen molar-refractivity contribution >= 4 is 71.7 Å². The average molecular weight is 258 g/mol. The Morgan fingerprint density at radius 1 is 0.700 bits per heavy atom. The first kappa shape index (κ1) is 11.4. The monoisotopic (exact) mass is 257 g/mol. The Hall–Kier alpha value is 1.40. The molecule has 0 aliphatic rings. The summed E-state index contributed by atoms with van der Waals surface area (Å²) in [5, 5.41) is 0. The lowest BCUT2D eigenvalue weighted by Gasteiger charge is -2.24. The van der Waals surface area contributed by atoms with Crippen LogP contribution in [0.5, 0.6) is 0 Å². The molecule has 0 amide bonds. The smallest absolute Gasteiger partial charge is 0.145 e. The molecule has 0 aromatic carbocycles. The van der Waals surface area contributed by atoms with Gasteiger partial charge in [-0.1, -0.05) is 0 Å². The van der Waals surface area contributed by atoms with Crippen LogP contribution in [0.1, 0.15) is 0 Å². The van der Waals surface area contributed by atoms with E-state index in [1.807, 2.05) is 0 Å². The van der Waals surface area contributed by atoms with E-state index in [0.717, 1.165) is 0 Å². The summed E-state index contributed by atoms with van der Waals surface area (Å²) in [6.45, 7) is 0. The third kappa shape index (κ3) is 7.50. The van der Waals surface area contributed by atoms with Gasteiger partial charge >= 0.3 is 0 Å². The summed E-state index contributed by atoms with van der Waals surface area (Å²) in [5.41, 5.74) is 0. The fraction of sp³-hybridized carbons (Fsp3) is 0. The second-order valence-electron chi connectivity index (χ2n) is 3.30. The van der Waals surface area contributed by atoms with Crippen LogP contribution in [-0.4, -0.2) is 83.4 Å². The van der Waals surface area contributed by atoms with Gasteiger partial charge in [-0.25, -0.2) is 0 Å². The van der Waals surface area contributed by atoms with Crippen LogP contribution in [-0.2, 0) is 0 Å². The van der Waals surface area contributed by atoms with Crippen LogP contribution in [0.25, 0.3) is 0 Å². The van der Waals surface area contributed by atoms with E-state index >= 15 is 0 Å².